The van der Waals surface area contributed by atoms with Crippen molar-refractivity contribution < 1.29 is 18.7 Å². The largest absolute Gasteiger partial charge is 0.487 e. The number of hydrogen-bond acceptors (Lipinski definition) is 6. The van der Waals surface area contributed by atoms with Crippen molar-refractivity contribution in [1.29, 1.82) is 0 Å². The van der Waals surface area contributed by atoms with Gasteiger partial charge in [-0.1, -0.05) is 12.1 Å². The van der Waals surface area contributed by atoms with Crippen LogP contribution >= 0.6 is 11.3 Å². The van der Waals surface area contributed by atoms with E-state index in [1.54, 1.807) is 12.1 Å². The second-order valence-corrected chi connectivity index (χ2v) is 7.18. The number of aryl methyl sites for hydroxylation is 3. The van der Waals surface area contributed by atoms with Gasteiger partial charge in [-0.2, -0.15) is 0 Å². The lowest BCUT2D eigenvalue weighted by atomic mass is 10.2. The van der Waals surface area contributed by atoms with Gasteiger partial charge < -0.3 is 14.5 Å². The normalized spacial score (nSPS) is 10.9. The van der Waals surface area contributed by atoms with Gasteiger partial charge in [0.25, 0.3) is 5.56 Å². The summed E-state index contributed by atoms with van der Waals surface area (Å²) in [4.78, 5) is 32.9. The summed E-state index contributed by atoms with van der Waals surface area (Å²) in [6.07, 6.45) is 0.353. The smallest absolute Gasteiger partial charge is 0.306 e. The monoisotopic (exact) mass is 390 g/mol. The average molecular weight is 390 g/mol. The van der Waals surface area contributed by atoms with E-state index in [-0.39, 0.29) is 37.4 Å². The molecule has 3 aromatic rings. The number of fused-ring (bicyclic) bond motifs is 1. The van der Waals surface area contributed by atoms with Gasteiger partial charge in [0.1, 0.15) is 23.9 Å². The molecule has 0 atom stereocenters. The number of aromatic amines is 1. The van der Waals surface area contributed by atoms with E-state index in [2.05, 4.69) is 9.97 Å². The lowest BCUT2D eigenvalue weighted by Gasteiger charge is -2.08. The van der Waals surface area contributed by atoms with E-state index in [0.717, 1.165) is 10.4 Å². The highest BCUT2D eigenvalue weighted by Gasteiger charge is 2.13. The predicted molar refractivity (Wildman–Crippen MR) is 101 cm³/mol. The number of carbonyl (C=O) groups is 1. The molecule has 0 aliphatic rings. The van der Waals surface area contributed by atoms with Crippen molar-refractivity contribution in [3.05, 3.63) is 56.7 Å². The number of hydrogen-bond donors (Lipinski definition) is 1. The van der Waals surface area contributed by atoms with Crippen LogP contribution in [0.2, 0.25) is 0 Å². The van der Waals surface area contributed by atoms with Crippen molar-refractivity contribution in [2.75, 3.05) is 13.2 Å². The van der Waals surface area contributed by atoms with Crippen molar-refractivity contribution in [1.82, 2.24) is 9.97 Å². The van der Waals surface area contributed by atoms with E-state index in [9.17, 15) is 14.0 Å². The fourth-order valence-electron chi connectivity index (χ4n) is 2.58. The van der Waals surface area contributed by atoms with Crippen molar-refractivity contribution in [2.45, 2.75) is 26.7 Å². The van der Waals surface area contributed by atoms with Crippen LogP contribution in [-0.4, -0.2) is 29.2 Å². The van der Waals surface area contributed by atoms with E-state index in [1.807, 2.05) is 13.8 Å². The summed E-state index contributed by atoms with van der Waals surface area (Å²) in [6.45, 7) is 3.91. The van der Waals surface area contributed by atoms with Crippen molar-refractivity contribution in [3.8, 4) is 5.75 Å². The van der Waals surface area contributed by atoms with Crippen LogP contribution < -0.4 is 10.3 Å². The summed E-state index contributed by atoms with van der Waals surface area (Å²) in [5.74, 6) is -0.333. The predicted octanol–water partition coefficient (Wildman–Crippen LogP) is 3.30. The first-order valence-electron chi connectivity index (χ1n) is 8.47. The number of nitrogens with one attached hydrogen (secondary N) is 1. The third-order valence-corrected chi connectivity index (χ3v) is 5.20. The molecule has 2 aromatic heterocycles. The fraction of sp³-hybridized carbons (Fsp3) is 0.316. The van der Waals surface area contributed by atoms with Gasteiger partial charge in [-0.05, 0) is 31.5 Å². The Morgan fingerprint density at radius 2 is 2.04 bits per heavy atom. The number of H-pyrrole nitrogens is 1. The highest BCUT2D eigenvalue weighted by atomic mass is 32.1. The third kappa shape index (κ3) is 4.51. The molecule has 0 saturated carbocycles. The third-order valence-electron chi connectivity index (χ3n) is 4.09. The SMILES string of the molecule is Cc1sc2nc(CCC(=O)OCCOc3ccccc3F)[nH]c(=O)c2c1C. The molecule has 3 rings (SSSR count). The van der Waals surface area contributed by atoms with E-state index < -0.39 is 11.8 Å². The maximum atomic E-state index is 13.4. The van der Waals surface area contributed by atoms with Crippen LogP contribution in [0.4, 0.5) is 4.39 Å². The average Bonchev–Trinajstić information content (AvgIpc) is 2.93. The fourth-order valence-corrected chi connectivity index (χ4v) is 3.63. The first kappa shape index (κ1) is 19.0. The molecule has 1 N–H and O–H groups in total. The summed E-state index contributed by atoms with van der Waals surface area (Å²) in [7, 11) is 0. The van der Waals surface area contributed by atoms with Gasteiger partial charge in [0.15, 0.2) is 11.6 Å². The zero-order valence-electron chi connectivity index (χ0n) is 15.0. The number of carbonyl (C=O) groups excluding carboxylic acids is 1. The molecule has 0 unspecified atom stereocenters. The molecular formula is C19H19FN2O4S. The number of rotatable bonds is 7. The Bertz CT molecular complexity index is 1030. The Labute approximate surface area is 159 Å². The highest BCUT2D eigenvalue weighted by Crippen LogP contribution is 2.25. The van der Waals surface area contributed by atoms with Crippen LogP contribution in [0.1, 0.15) is 22.7 Å². The summed E-state index contributed by atoms with van der Waals surface area (Å²) < 4.78 is 23.7. The van der Waals surface area contributed by atoms with Gasteiger partial charge in [0, 0.05) is 11.3 Å². The summed E-state index contributed by atoms with van der Waals surface area (Å²) in [6, 6.07) is 6.02. The van der Waals surface area contributed by atoms with Gasteiger partial charge >= 0.3 is 5.97 Å². The summed E-state index contributed by atoms with van der Waals surface area (Å²) in [5, 5.41) is 0.606. The Kier molecular flexibility index (Phi) is 5.85. The molecule has 0 saturated heterocycles. The van der Waals surface area contributed by atoms with Crippen LogP contribution in [-0.2, 0) is 16.0 Å². The number of nitrogens with zero attached hydrogens (tertiary/aromatic N) is 1. The molecule has 6 nitrogen and oxygen atoms in total. The second-order valence-electron chi connectivity index (χ2n) is 5.98. The molecule has 2 heterocycles. The number of benzene rings is 1. The minimum Gasteiger partial charge on any atom is -0.487 e. The molecule has 0 aliphatic heterocycles. The van der Waals surface area contributed by atoms with E-state index >= 15 is 0 Å². The van der Waals surface area contributed by atoms with Gasteiger partial charge in [0.05, 0.1) is 11.8 Å². The lowest BCUT2D eigenvalue weighted by molar-refractivity contribution is -0.144. The molecule has 0 amide bonds. The van der Waals surface area contributed by atoms with Crippen LogP contribution in [0.5, 0.6) is 5.75 Å². The molecule has 0 aliphatic carbocycles. The molecule has 0 spiro atoms. The second kappa shape index (κ2) is 8.30. The molecule has 1 aromatic carbocycles. The van der Waals surface area contributed by atoms with Crippen LogP contribution in [0.3, 0.4) is 0 Å². The molecule has 0 bridgehead atoms. The summed E-state index contributed by atoms with van der Waals surface area (Å²) in [5.41, 5.74) is 0.744. The molecule has 8 heteroatoms. The molecule has 27 heavy (non-hydrogen) atoms. The van der Waals surface area contributed by atoms with Crippen molar-refractivity contribution in [2.24, 2.45) is 0 Å². The van der Waals surface area contributed by atoms with Gasteiger partial charge in [0.2, 0.25) is 0 Å². The van der Waals surface area contributed by atoms with E-state index in [0.29, 0.717) is 16.0 Å². The van der Waals surface area contributed by atoms with Gasteiger partial charge in [-0.3, -0.25) is 9.59 Å². The van der Waals surface area contributed by atoms with Crippen molar-refractivity contribution >= 4 is 27.5 Å². The first-order chi connectivity index (χ1) is 13.0. The number of esters is 1. The minimum absolute atomic E-state index is 0.0134. The van der Waals surface area contributed by atoms with Gasteiger partial charge in [-0.15, -0.1) is 11.3 Å². The molecule has 142 valence electrons. The van der Waals surface area contributed by atoms with E-state index in [4.69, 9.17) is 9.47 Å². The Hall–Kier alpha value is -2.74. The molecule has 0 radical (unpaired) electrons. The minimum atomic E-state index is -0.465. The number of thiophene rings is 1. The lowest BCUT2D eigenvalue weighted by Crippen LogP contribution is -2.15. The Balaban J connectivity index is 1.48. The van der Waals surface area contributed by atoms with Crippen molar-refractivity contribution in [3.63, 3.8) is 0 Å². The number of para-hydroxylation sites is 1. The topological polar surface area (TPSA) is 81.3 Å². The zero-order chi connectivity index (χ0) is 19.4. The van der Waals surface area contributed by atoms with E-state index in [1.165, 1.54) is 23.5 Å². The number of aromatic nitrogens is 2. The maximum Gasteiger partial charge on any atom is 0.306 e. The first-order valence-corrected chi connectivity index (χ1v) is 9.29. The quantitative estimate of drug-likeness (QED) is 0.495. The summed E-state index contributed by atoms with van der Waals surface area (Å²) >= 11 is 1.46. The van der Waals surface area contributed by atoms with Crippen LogP contribution in [0.25, 0.3) is 10.2 Å². The Morgan fingerprint density at radius 3 is 2.81 bits per heavy atom. The van der Waals surface area contributed by atoms with Crippen LogP contribution in [0.15, 0.2) is 29.1 Å². The highest BCUT2D eigenvalue weighted by molar-refractivity contribution is 7.18. The maximum absolute atomic E-state index is 13.4. The van der Waals surface area contributed by atoms with Gasteiger partial charge in [-0.25, -0.2) is 9.37 Å². The zero-order valence-corrected chi connectivity index (χ0v) is 15.8. The number of ether oxygens (including phenoxy) is 2. The number of halogens is 1. The molecule has 0 fully saturated rings. The standard InChI is InChI=1S/C19H19FN2O4S/c1-11-12(2)27-19-17(11)18(24)21-15(22-19)7-8-16(23)26-10-9-25-14-6-4-3-5-13(14)20/h3-6H,7-10H2,1-2H3,(H,21,22,24). The van der Waals surface area contributed by atoms with Crippen LogP contribution in [0, 0.1) is 19.7 Å². The Morgan fingerprint density at radius 1 is 1.26 bits per heavy atom. The molecular weight excluding hydrogens is 371 g/mol.